The summed E-state index contributed by atoms with van der Waals surface area (Å²) in [6.07, 6.45) is 4.03. The monoisotopic (exact) mass is 479 g/mol. The number of alkyl carbamates (subject to hydrolysis) is 1. The van der Waals surface area contributed by atoms with Crippen LogP contribution in [0.3, 0.4) is 0 Å². The number of aromatic nitrogens is 2. The maximum atomic E-state index is 12.1. The van der Waals surface area contributed by atoms with Gasteiger partial charge in [-0.1, -0.05) is 99.6 Å². The maximum Gasteiger partial charge on any atom is 0.407 e. The summed E-state index contributed by atoms with van der Waals surface area (Å²) in [5.41, 5.74) is 6.57. The Bertz CT molecular complexity index is 1260. The number of nitrogens with zero attached hydrogens (tertiary/aromatic N) is 2. The van der Waals surface area contributed by atoms with Gasteiger partial charge in [0.2, 0.25) is 0 Å². The summed E-state index contributed by atoms with van der Waals surface area (Å²) in [5, 5.41) is 2.89. The van der Waals surface area contributed by atoms with Crippen LogP contribution in [0.1, 0.15) is 44.4 Å². The molecule has 1 amide bonds. The molecule has 0 radical (unpaired) electrons. The lowest BCUT2D eigenvalue weighted by atomic mass is 9.86. The molecule has 1 atom stereocenters. The molecule has 0 aliphatic rings. The second-order valence-electron chi connectivity index (χ2n) is 10.1. The Labute approximate surface area is 213 Å². The second kappa shape index (κ2) is 11.2. The molecule has 4 rings (SSSR count). The van der Waals surface area contributed by atoms with Gasteiger partial charge in [-0.25, -0.2) is 14.8 Å². The van der Waals surface area contributed by atoms with Crippen LogP contribution in [0, 0.1) is 0 Å². The standard InChI is InChI=1S/C31H33N3O2/c1-22(34-30(35)36-21-24-8-6-5-7-9-24)18-23-10-12-26(13-11-23)29-32-19-27(20-33-29)25-14-16-28(17-15-25)31(2,3)4/h5-17,19-20,22H,18,21H2,1-4H3,(H,34,35)/t22-/m0/s1. The van der Waals surface area contributed by atoms with Gasteiger partial charge in [0, 0.05) is 29.6 Å². The Balaban J connectivity index is 1.31. The van der Waals surface area contributed by atoms with Crippen LogP contribution >= 0.6 is 0 Å². The molecule has 1 heterocycles. The van der Waals surface area contributed by atoms with Gasteiger partial charge >= 0.3 is 6.09 Å². The molecule has 4 aromatic rings. The van der Waals surface area contributed by atoms with Gasteiger partial charge in [-0.05, 0) is 41.0 Å². The van der Waals surface area contributed by atoms with E-state index < -0.39 is 6.09 Å². The lowest BCUT2D eigenvalue weighted by Crippen LogP contribution is -2.34. The van der Waals surface area contributed by atoms with Crippen LogP contribution in [0.15, 0.2) is 91.3 Å². The Morgan fingerprint density at radius 1 is 0.806 bits per heavy atom. The molecular formula is C31H33N3O2. The largest absolute Gasteiger partial charge is 0.445 e. The quantitative estimate of drug-likeness (QED) is 0.311. The Morgan fingerprint density at radius 2 is 1.42 bits per heavy atom. The molecule has 0 unspecified atom stereocenters. The van der Waals surface area contributed by atoms with Gasteiger partial charge in [0.05, 0.1) is 0 Å². The van der Waals surface area contributed by atoms with E-state index in [1.54, 1.807) is 0 Å². The van der Waals surface area contributed by atoms with Crippen LogP contribution in [-0.2, 0) is 23.2 Å². The normalized spacial score (nSPS) is 12.1. The fourth-order valence-corrected chi connectivity index (χ4v) is 3.95. The number of benzene rings is 3. The van der Waals surface area contributed by atoms with E-state index in [2.05, 4.69) is 60.3 Å². The molecule has 0 aliphatic heterocycles. The van der Waals surface area contributed by atoms with Crippen LogP contribution < -0.4 is 5.32 Å². The third-order valence-corrected chi connectivity index (χ3v) is 6.07. The van der Waals surface area contributed by atoms with Gasteiger partial charge < -0.3 is 10.1 Å². The molecule has 5 heteroatoms. The smallest absolute Gasteiger partial charge is 0.407 e. The number of amides is 1. The van der Waals surface area contributed by atoms with E-state index in [9.17, 15) is 4.79 Å². The molecule has 5 nitrogen and oxygen atoms in total. The van der Waals surface area contributed by atoms with Crippen molar-refractivity contribution < 1.29 is 9.53 Å². The molecule has 3 aromatic carbocycles. The van der Waals surface area contributed by atoms with Gasteiger partial charge in [-0.15, -0.1) is 0 Å². The first-order valence-corrected chi connectivity index (χ1v) is 12.3. The number of carbonyl (C=O) groups is 1. The highest BCUT2D eigenvalue weighted by molar-refractivity contribution is 5.67. The molecule has 1 aromatic heterocycles. The van der Waals surface area contributed by atoms with Crippen molar-refractivity contribution in [2.24, 2.45) is 0 Å². The predicted molar refractivity (Wildman–Crippen MR) is 145 cm³/mol. The van der Waals surface area contributed by atoms with Crippen molar-refractivity contribution >= 4 is 6.09 Å². The van der Waals surface area contributed by atoms with Crippen LogP contribution in [0.4, 0.5) is 4.79 Å². The van der Waals surface area contributed by atoms with Crippen LogP contribution in [0.2, 0.25) is 0 Å². The minimum absolute atomic E-state index is 0.0562. The van der Waals surface area contributed by atoms with Gasteiger partial charge in [-0.2, -0.15) is 0 Å². The summed E-state index contributed by atoms with van der Waals surface area (Å²) >= 11 is 0. The molecule has 0 spiro atoms. The SMILES string of the molecule is C[C@@H](Cc1ccc(-c2ncc(-c3ccc(C(C)(C)C)cc3)cn2)cc1)NC(=O)OCc1ccccc1. The molecule has 0 aliphatic carbocycles. The second-order valence-corrected chi connectivity index (χ2v) is 10.1. The van der Waals surface area contributed by atoms with Crippen LogP contribution in [-0.4, -0.2) is 22.1 Å². The molecule has 0 bridgehead atoms. The maximum absolute atomic E-state index is 12.1. The molecule has 0 saturated carbocycles. The Hall–Kier alpha value is -3.99. The van der Waals surface area contributed by atoms with E-state index in [-0.39, 0.29) is 18.1 Å². The van der Waals surface area contributed by atoms with E-state index in [1.165, 1.54) is 5.56 Å². The average Bonchev–Trinajstić information content (AvgIpc) is 2.88. The first kappa shape index (κ1) is 25.1. The molecule has 36 heavy (non-hydrogen) atoms. The van der Waals surface area contributed by atoms with Crippen molar-refractivity contribution in [3.63, 3.8) is 0 Å². The van der Waals surface area contributed by atoms with E-state index in [0.717, 1.165) is 27.8 Å². The van der Waals surface area contributed by atoms with Crippen molar-refractivity contribution in [2.75, 3.05) is 0 Å². The van der Waals surface area contributed by atoms with Crippen molar-refractivity contribution in [1.29, 1.82) is 0 Å². The predicted octanol–water partition coefficient (Wildman–Crippen LogP) is 6.97. The van der Waals surface area contributed by atoms with Crippen molar-refractivity contribution in [3.8, 4) is 22.5 Å². The third kappa shape index (κ3) is 6.79. The first-order valence-electron chi connectivity index (χ1n) is 12.3. The van der Waals surface area contributed by atoms with Gasteiger partial charge in [-0.3, -0.25) is 0 Å². The first-order chi connectivity index (χ1) is 17.3. The summed E-state index contributed by atoms with van der Waals surface area (Å²) in [4.78, 5) is 21.3. The molecule has 184 valence electrons. The minimum atomic E-state index is -0.412. The minimum Gasteiger partial charge on any atom is -0.445 e. The van der Waals surface area contributed by atoms with Gasteiger partial charge in [0.1, 0.15) is 6.61 Å². The van der Waals surface area contributed by atoms with E-state index >= 15 is 0 Å². The number of carbonyl (C=O) groups excluding carboxylic acids is 1. The highest BCUT2D eigenvalue weighted by atomic mass is 16.5. The van der Waals surface area contributed by atoms with E-state index in [0.29, 0.717) is 12.2 Å². The van der Waals surface area contributed by atoms with Crippen molar-refractivity contribution in [2.45, 2.75) is 52.2 Å². The van der Waals surface area contributed by atoms with Crippen molar-refractivity contribution in [3.05, 3.63) is 108 Å². The lowest BCUT2D eigenvalue weighted by Gasteiger charge is -2.19. The average molecular weight is 480 g/mol. The zero-order chi connectivity index (χ0) is 25.5. The molecular weight excluding hydrogens is 446 g/mol. The zero-order valence-corrected chi connectivity index (χ0v) is 21.4. The van der Waals surface area contributed by atoms with Gasteiger partial charge in [0.25, 0.3) is 0 Å². The van der Waals surface area contributed by atoms with Gasteiger partial charge in [0.15, 0.2) is 5.82 Å². The number of nitrogens with one attached hydrogen (secondary N) is 1. The fraction of sp³-hybridized carbons (Fsp3) is 0.258. The number of ether oxygens (including phenoxy) is 1. The van der Waals surface area contributed by atoms with E-state index in [1.807, 2.05) is 73.9 Å². The number of hydrogen-bond acceptors (Lipinski definition) is 4. The zero-order valence-electron chi connectivity index (χ0n) is 21.4. The molecule has 0 saturated heterocycles. The third-order valence-electron chi connectivity index (χ3n) is 6.07. The Kier molecular flexibility index (Phi) is 7.79. The topological polar surface area (TPSA) is 64.1 Å². The van der Waals surface area contributed by atoms with Crippen molar-refractivity contribution in [1.82, 2.24) is 15.3 Å². The highest BCUT2D eigenvalue weighted by Gasteiger charge is 2.13. The summed E-state index contributed by atoms with van der Waals surface area (Å²) < 4.78 is 5.31. The summed E-state index contributed by atoms with van der Waals surface area (Å²) in [7, 11) is 0. The Morgan fingerprint density at radius 3 is 2.03 bits per heavy atom. The van der Waals surface area contributed by atoms with Crippen LogP contribution in [0.25, 0.3) is 22.5 Å². The highest BCUT2D eigenvalue weighted by Crippen LogP contribution is 2.26. The molecule has 1 N–H and O–H groups in total. The van der Waals surface area contributed by atoms with E-state index in [4.69, 9.17) is 4.74 Å². The summed E-state index contributed by atoms with van der Waals surface area (Å²) in [6, 6.07) is 26.3. The number of rotatable bonds is 7. The fourth-order valence-electron chi connectivity index (χ4n) is 3.95. The number of hydrogen-bond donors (Lipinski definition) is 1. The summed E-state index contributed by atoms with van der Waals surface area (Å²) in [6.45, 7) is 8.86. The lowest BCUT2D eigenvalue weighted by molar-refractivity contribution is 0.136. The summed E-state index contributed by atoms with van der Waals surface area (Å²) in [5.74, 6) is 0.687. The molecule has 0 fully saturated rings. The van der Waals surface area contributed by atoms with Crippen LogP contribution in [0.5, 0.6) is 0 Å².